The largest absolute Gasteiger partial charge is 0.379 e. The summed E-state index contributed by atoms with van der Waals surface area (Å²) in [5, 5.41) is 0. The van der Waals surface area contributed by atoms with E-state index in [0.29, 0.717) is 25.7 Å². The van der Waals surface area contributed by atoms with Gasteiger partial charge in [0.15, 0.2) is 0 Å². The van der Waals surface area contributed by atoms with Crippen molar-refractivity contribution in [3.63, 3.8) is 0 Å². The SMILES string of the molecule is C[CH]COC(C)COC(C)COCC(C)C. The molecule has 0 N–H and O–H groups in total. The Morgan fingerprint density at radius 1 is 0.875 bits per heavy atom. The summed E-state index contributed by atoms with van der Waals surface area (Å²) in [5.74, 6) is 0.578. The van der Waals surface area contributed by atoms with Gasteiger partial charge < -0.3 is 14.2 Å². The lowest BCUT2D eigenvalue weighted by molar-refractivity contribution is -0.0560. The van der Waals surface area contributed by atoms with Crippen molar-refractivity contribution in [2.75, 3.05) is 26.4 Å². The van der Waals surface area contributed by atoms with Crippen LogP contribution in [0.5, 0.6) is 0 Å². The van der Waals surface area contributed by atoms with E-state index in [9.17, 15) is 0 Å². The fraction of sp³-hybridized carbons (Fsp3) is 0.923. The molecule has 3 nitrogen and oxygen atoms in total. The van der Waals surface area contributed by atoms with E-state index in [-0.39, 0.29) is 12.2 Å². The van der Waals surface area contributed by atoms with E-state index in [4.69, 9.17) is 14.2 Å². The highest BCUT2D eigenvalue weighted by molar-refractivity contribution is 4.57. The molecule has 0 rings (SSSR count). The third-order valence-electron chi connectivity index (χ3n) is 1.97. The van der Waals surface area contributed by atoms with Crippen molar-refractivity contribution < 1.29 is 14.2 Å². The summed E-state index contributed by atoms with van der Waals surface area (Å²) in [5.41, 5.74) is 0. The molecule has 97 valence electrons. The quantitative estimate of drug-likeness (QED) is 0.578. The highest BCUT2D eigenvalue weighted by Gasteiger charge is 2.07. The number of hydrogen-bond donors (Lipinski definition) is 0. The average Bonchev–Trinajstić information content (AvgIpc) is 2.23. The molecule has 2 atom stereocenters. The minimum absolute atomic E-state index is 0.135. The van der Waals surface area contributed by atoms with Gasteiger partial charge in [-0.15, -0.1) is 0 Å². The van der Waals surface area contributed by atoms with Crippen LogP contribution in [0.1, 0.15) is 34.6 Å². The molecule has 0 amide bonds. The van der Waals surface area contributed by atoms with Gasteiger partial charge in [0.05, 0.1) is 25.4 Å². The van der Waals surface area contributed by atoms with E-state index in [1.54, 1.807) is 0 Å². The molecule has 0 aliphatic carbocycles. The van der Waals surface area contributed by atoms with Gasteiger partial charge in [-0.3, -0.25) is 0 Å². The van der Waals surface area contributed by atoms with Crippen molar-refractivity contribution in [2.24, 2.45) is 5.92 Å². The maximum Gasteiger partial charge on any atom is 0.0781 e. The van der Waals surface area contributed by atoms with Gasteiger partial charge in [-0.25, -0.2) is 0 Å². The average molecular weight is 231 g/mol. The second kappa shape index (κ2) is 10.1. The minimum atomic E-state index is 0.135. The molecule has 0 spiro atoms. The second-order valence-electron chi connectivity index (χ2n) is 4.63. The summed E-state index contributed by atoms with van der Waals surface area (Å²) in [6, 6.07) is 0. The summed E-state index contributed by atoms with van der Waals surface area (Å²) in [6.45, 7) is 13.1. The van der Waals surface area contributed by atoms with Crippen molar-refractivity contribution in [1.29, 1.82) is 0 Å². The van der Waals surface area contributed by atoms with Gasteiger partial charge >= 0.3 is 0 Å². The van der Waals surface area contributed by atoms with Crippen LogP contribution >= 0.6 is 0 Å². The van der Waals surface area contributed by atoms with Crippen molar-refractivity contribution in [1.82, 2.24) is 0 Å². The summed E-state index contributed by atoms with van der Waals surface area (Å²) in [6.07, 6.45) is 2.27. The van der Waals surface area contributed by atoms with Crippen molar-refractivity contribution in [2.45, 2.75) is 46.8 Å². The Morgan fingerprint density at radius 2 is 1.50 bits per heavy atom. The highest BCUT2D eigenvalue weighted by Crippen LogP contribution is 2.00. The molecule has 1 radical (unpaired) electrons. The van der Waals surface area contributed by atoms with Crippen molar-refractivity contribution in [3.8, 4) is 0 Å². The van der Waals surface area contributed by atoms with E-state index in [1.165, 1.54) is 0 Å². The molecule has 0 aromatic carbocycles. The van der Waals surface area contributed by atoms with Gasteiger partial charge in [-0.1, -0.05) is 20.8 Å². The fourth-order valence-corrected chi connectivity index (χ4v) is 1.13. The molecule has 0 bridgehead atoms. The van der Waals surface area contributed by atoms with Crippen molar-refractivity contribution >= 4 is 0 Å². The number of rotatable bonds is 10. The van der Waals surface area contributed by atoms with Crippen LogP contribution in [0.15, 0.2) is 0 Å². The van der Waals surface area contributed by atoms with Crippen LogP contribution in [0.2, 0.25) is 0 Å². The van der Waals surface area contributed by atoms with Gasteiger partial charge in [-0.05, 0) is 26.2 Å². The molecule has 0 fully saturated rings. The maximum atomic E-state index is 5.62. The molecule has 0 aliphatic heterocycles. The van der Waals surface area contributed by atoms with Crippen LogP contribution in [0, 0.1) is 12.3 Å². The summed E-state index contributed by atoms with van der Waals surface area (Å²) in [4.78, 5) is 0. The lowest BCUT2D eigenvalue weighted by Gasteiger charge is -2.18. The predicted octanol–water partition coefficient (Wildman–Crippen LogP) is 2.69. The van der Waals surface area contributed by atoms with Crippen molar-refractivity contribution in [3.05, 3.63) is 6.42 Å². The minimum Gasteiger partial charge on any atom is -0.379 e. The van der Waals surface area contributed by atoms with Gasteiger partial charge in [0.2, 0.25) is 0 Å². The first-order valence-electron chi connectivity index (χ1n) is 6.15. The maximum absolute atomic E-state index is 5.62. The van der Waals surface area contributed by atoms with Gasteiger partial charge in [0.25, 0.3) is 0 Å². The molecule has 0 saturated carbocycles. The molecular formula is C13H27O3. The smallest absolute Gasteiger partial charge is 0.0781 e. The van der Waals surface area contributed by atoms with E-state index in [2.05, 4.69) is 13.8 Å². The monoisotopic (exact) mass is 231 g/mol. The first-order chi connectivity index (χ1) is 7.56. The summed E-state index contributed by atoms with van der Waals surface area (Å²) in [7, 11) is 0. The third kappa shape index (κ3) is 10.4. The zero-order valence-electron chi connectivity index (χ0n) is 11.4. The van der Waals surface area contributed by atoms with E-state index in [0.717, 1.165) is 6.61 Å². The van der Waals surface area contributed by atoms with Gasteiger partial charge in [0, 0.05) is 13.2 Å². The van der Waals surface area contributed by atoms with Gasteiger partial charge in [-0.2, -0.15) is 0 Å². The topological polar surface area (TPSA) is 27.7 Å². The molecule has 0 aromatic rings. The van der Waals surface area contributed by atoms with E-state index in [1.807, 2.05) is 27.2 Å². The predicted molar refractivity (Wildman–Crippen MR) is 66.5 cm³/mol. The molecular weight excluding hydrogens is 204 g/mol. The molecule has 0 aromatic heterocycles. The third-order valence-corrected chi connectivity index (χ3v) is 1.97. The Morgan fingerprint density at radius 3 is 2.06 bits per heavy atom. The fourth-order valence-electron chi connectivity index (χ4n) is 1.13. The number of hydrogen-bond acceptors (Lipinski definition) is 3. The Labute approximate surface area is 100 Å². The molecule has 0 saturated heterocycles. The zero-order valence-corrected chi connectivity index (χ0v) is 11.4. The second-order valence-corrected chi connectivity index (χ2v) is 4.63. The summed E-state index contributed by atoms with van der Waals surface area (Å²) >= 11 is 0. The first-order valence-corrected chi connectivity index (χ1v) is 6.15. The van der Waals surface area contributed by atoms with Crippen LogP contribution in [-0.2, 0) is 14.2 Å². The van der Waals surface area contributed by atoms with Crippen LogP contribution in [0.25, 0.3) is 0 Å². The highest BCUT2D eigenvalue weighted by atomic mass is 16.6. The molecule has 16 heavy (non-hydrogen) atoms. The number of ether oxygens (including phenoxy) is 3. The Balaban J connectivity index is 3.38. The first kappa shape index (κ1) is 15.9. The Bertz CT molecular complexity index is 148. The van der Waals surface area contributed by atoms with Crippen LogP contribution < -0.4 is 0 Å². The molecule has 0 aliphatic rings. The van der Waals surface area contributed by atoms with Gasteiger partial charge in [0.1, 0.15) is 0 Å². The molecule has 0 heterocycles. The zero-order chi connectivity index (χ0) is 12.4. The van der Waals surface area contributed by atoms with Crippen LogP contribution in [0.3, 0.4) is 0 Å². The lowest BCUT2D eigenvalue weighted by atomic mass is 10.2. The van der Waals surface area contributed by atoms with E-state index >= 15 is 0 Å². The Hall–Kier alpha value is -0.120. The Kier molecular flexibility index (Phi) is 9.99. The lowest BCUT2D eigenvalue weighted by Crippen LogP contribution is -2.24. The molecule has 2 unspecified atom stereocenters. The standard InChI is InChI=1S/C13H27O3/c1-6-7-15-13(5)10-16-12(4)9-14-8-11(2)3/h6,11-13H,7-10H2,1-5H3. The molecule has 3 heteroatoms. The normalized spacial score (nSPS) is 15.4. The summed E-state index contributed by atoms with van der Waals surface area (Å²) < 4.78 is 16.6. The van der Waals surface area contributed by atoms with Crippen LogP contribution in [-0.4, -0.2) is 38.6 Å². The van der Waals surface area contributed by atoms with E-state index < -0.39 is 0 Å². The van der Waals surface area contributed by atoms with Crippen LogP contribution in [0.4, 0.5) is 0 Å².